The summed E-state index contributed by atoms with van der Waals surface area (Å²) in [6.07, 6.45) is 4.55. The van der Waals surface area contributed by atoms with E-state index in [4.69, 9.17) is 0 Å². The fraction of sp³-hybridized carbons (Fsp3) is 0.188. The second-order valence-electron chi connectivity index (χ2n) is 4.22. The number of allylic oxidation sites excluding steroid dienone is 1. The molecule has 1 aromatic carbocycles. The Morgan fingerprint density at radius 3 is 2.50 bits per heavy atom. The van der Waals surface area contributed by atoms with Gasteiger partial charge in [-0.25, -0.2) is 0 Å². The molecular formula is C16H16OS. The monoisotopic (exact) mass is 256 g/mol. The van der Waals surface area contributed by atoms with Crippen molar-refractivity contribution in [3.8, 4) is 0 Å². The Morgan fingerprint density at radius 1 is 1.22 bits per heavy atom. The molecule has 2 heteroatoms. The van der Waals surface area contributed by atoms with Crippen molar-refractivity contribution in [3.05, 3.63) is 63.4 Å². The maximum Gasteiger partial charge on any atom is 0.185 e. The molecule has 0 saturated carbocycles. The summed E-state index contributed by atoms with van der Waals surface area (Å²) in [4.78, 5) is 13.1. The Hall–Kier alpha value is -1.67. The molecule has 0 bridgehead atoms. The van der Waals surface area contributed by atoms with Gasteiger partial charge in [0.05, 0.1) is 0 Å². The average Bonchev–Trinajstić information content (AvgIpc) is 2.81. The van der Waals surface area contributed by atoms with Crippen molar-refractivity contribution in [2.75, 3.05) is 0 Å². The third kappa shape index (κ3) is 2.96. The molecule has 0 atom stereocenters. The SMILES string of the molecule is CCc1ccc(C(=O)/C=C/c2sccc2C)cc1. The van der Waals surface area contributed by atoms with E-state index in [1.807, 2.05) is 35.7 Å². The zero-order valence-electron chi connectivity index (χ0n) is 10.6. The van der Waals surface area contributed by atoms with E-state index in [1.165, 1.54) is 11.1 Å². The van der Waals surface area contributed by atoms with E-state index < -0.39 is 0 Å². The molecule has 0 amide bonds. The van der Waals surface area contributed by atoms with Gasteiger partial charge in [-0.2, -0.15) is 0 Å². The molecule has 18 heavy (non-hydrogen) atoms. The predicted molar refractivity (Wildman–Crippen MR) is 78.2 cm³/mol. The zero-order chi connectivity index (χ0) is 13.0. The van der Waals surface area contributed by atoms with Gasteiger partial charge in [0.1, 0.15) is 0 Å². The molecule has 0 aliphatic carbocycles. The van der Waals surface area contributed by atoms with Gasteiger partial charge in [-0.1, -0.05) is 31.2 Å². The Kier molecular flexibility index (Phi) is 4.11. The van der Waals surface area contributed by atoms with Crippen molar-refractivity contribution in [2.24, 2.45) is 0 Å². The first kappa shape index (κ1) is 12.8. The smallest absolute Gasteiger partial charge is 0.185 e. The summed E-state index contributed by atoms with van der Waals surface area (Å²) >= 11 is 1.65. The number of hydrogen-bond donors (Lipinski definition) is 0. The summed E-state index contributed by atoms with van der Waals surface area (Å²) in [5.74, 6) is 0.0606. The summed E-state index contributed by atoms with van der Waals surface area (Å²) in [6, 6.07) is 9.87. The van der Waals surface area contributed by atoms with E-state index in [9.17, 15) is 4.79 Å². The molecule has 0 N–H and O–H groups in total. The second-order valence-corrected chi connectivity index (χ2v) is 5.16. The van der Waals surface area contributed by atoms with E-state index in [0.29, 0.717) is 0 Å². The molecule has 92 valence electrons. The van der Waals surface area contributed by atoms with Crippen molar-refractivity contribution >= 4 is 23.2 Å². The van der Waals surface area contributed by atoms with Crippen molar-refractivity contribution in [2.45, 2.75) is 20.3 Å². The van der Waals surface area contributed by atoms with Crippen molar-refractivity contribution in [1.29, 1.82) is 0 Å². The number of rotatable bonds is 4. The van der Waals surface area contributed by atoms with E-state index in [1.54, 1.807) is 17.4 Å². The highest BCUT2D eigenvalue weighted by atomic mass is 32.1. The van der Waals surface area contributed by atoms with Gasteiger partial charge in [-0.3, -0.25) is 4.79 Å². The lowest BCUT2D eigenvalue weighted by atomic mass is 10.1. The number of carbonyl (C=O) groups is 1. The number of carbonyl (C=O) groups excluding carboxylic acids is 1. The lowest BCUT2D eigenvalue weighted by Gasteiger charge is -1.98. The van der Waals surface area contributed by atoms with Gasteiger partial charge in [0.2, 0.25) is 0 Å². The maximum atomic E-state index is 12.0. The molecule has 0 radical (unpaired) electrons. The van der Waals surface area contributed by atoms with Crippen LogP contribution < -0.4 is 0 Å². The van der Waals surface area contributed by atoms with Crippen LogP contribution in [0.15, 0.2) is 41.8 Å². The van der Waals surface area contributed by atoms with Gasteiger partial charge >= 0.3 is 0 Å². The highest BCUT2D eigenvalue weighted by molar-refractivity contribution is 7.11. The fourth-order valence-corrected chi connectivity index (χ4v) is 2.53. The minimum Gasteiger partial charge on any atom is -0.289 e. The third-order valence-electron chi connectivity index (χ3n) is 2.93. The van der Waals surface area contributed by atoms with Crippen LogP contribution in [0, 0.1) is 6.92 Å². The molecular weight excluding hydrogens is 240 g/mol. The Morgan fingerprint density at radius 2 is 1.94 bits per heavy atom. The molecule has 0 saturated heterocycles. The summed E-state index contributed by atoms with van der Waals surface area (Å²) < 4.78 is 0. The van der Waals surface area contributed by atoms with Crippen LogP contribution in [0.4, 0.5) is 0 Å². The second kappa shape index (κ2) is 5.78. The number of ketones is 1. The summed E-state index contributed by atoms with van der Waals surface area (Å²) in [7, 11) is 0. The first-order chi connectivity index (χ1) is 8.70. The quantitative estimate of drug-likeness (QED) is 0.581. The normalized spacial score (nSPS) is 11.0. The van der Waals surface area contributed by atoms with E-state index in [0.717, 1.165) is 16.9 Å². The highest BCUT2D eigenvalue weighted by Gasteiger charge is 2.02. The Labute approximate surface area is 112 Å². The van der Waals surface area contributed by atoms with Crippen LogP contribution in [0.1, 0.15) is 33.3 Å². The molecule has 0 aliphatic heterocycles. The van der Waals surface area contributed by atoms with Crippen LogP contribution in [0.3, 0.4) is 0 Å². The van der Waals surface area contributed by atoms with Gasteiger partial charge in [0.25, 0.3) is 0 Å². The number of hydrogen-bond acceptors (Lipinski definition) is 2. The van der Waals surface area contributed by atoms with E-state index in [-0.39, 0.29) is 5.78 Å². The maximum absolute atomic E-state index is 12.0. The molecule has 1 heterocycles. The molecule has 0 aliphatic rings. The van der Waals surface area contributed by atoms with Crippen LogP contribution >= 0.6 is 11.3 Å². The van der Waals surface area contributed by atoms with Gasteiger partial charge in [-0.15, -0.1) is 11.3 Å². The van der Waals surface area contributed by atoms with Crippen LogP contribution in [-0.2, 0) is 6.42 Å². The van der Waals surface area contributed by atoms with Crippen LogP contribution in [0.25, 0.3) is 6.08 Å². The Balaban J connectivity index is 2.12. The largest absolute Gasteiger partial charge is 0.289 e. The topological polar surface area (TPSA) is 17.1 Å². The minimum absolute atomic E-state index is 0.0606. The lowest BCUT2D eigenvalue weighted by molar-refractivity contribution is 0.104. The molecule has 2 aromatic rings. The zero-order valence-corrected chi connectivity index (χ0v) is 11.5. The van der Waals surface area contributed by atoms with Crippen LogP contribution in [0.2, 0.25) is 0 Å². The van der Waals surface area contributed by atoms with Crippen LogP contribution in [-0.4, -0.2) is 5.78 Å². The first-order valence-corrected chi connectivity index (χ1v) is 6.94. The highest BCUT2D eigenvalue weighted by Crippen LogP contribution is 2.17. The summed E-state index contributed by atoms with van der Waals surface area (Å²) in [5, 5.41) is 2.04. The minimum atomic E-state index is 0.0606. The van der Waals surface area contributed by atoms with Crippen molar-refractivity contribution in [3.63, 3.8) is 0 Å². The molecule has 1 nitrogen and oxygen atoms in total. The Bertz CT molecular complexity index is 561. The predicted octanol–water partition coefficient (Wildman–Crippen LogP) is 4.52. The summed E-state index contributed by atoms with van der Waals surface area (Å²) in [6.45, 7) is 4.16. The summed E-state index contributed by atoms with van der Waals surface area (Å²) in [5.41, 5.74) is 3.22. The molecule has 1 aromatic heterocycles. The van der Waals surface area contributed by atoms with Crippen molar-refractivity contribution < 1.29 is 4.79 Å². The van der Waals surface area contributed by atoms with Crippen LogP contribution in [0.5, 0.6) is 0 Å². The third-order valence-corrected chi connectivity index (χ3v) is 3.92. The first-order valence-electron chi connectivity index (χ1n) is 6.06. The van der Waals surface area contributed by atoms with E-state index in [2.05, 4.69) is 19.9 Å². The molecule has 0 fully saturated rings. The average molecular weight is 256 g/mol. The number of benzene rings is 1. The van der Waals surface area contributed by atoms with Gasteiger partial charge in [0.15, 0.2) is 5.78 Å². The fourth-order valence-electron chi connectivity index (χ4n) is 1.71. The lowest BCUT2D eigenvalue weighted by Crippen LogP contribution is -1.94. The standard InChI is InChI=1S/C16H16OS/c1-3-13-4-6-14(7-5-13)15(17)8-9-16-12(2)10-11-18-16/h4-11H,3H2,1-2H3/b9-8+. The van der Waals surface area contributed by atoms with Gasteiger partial charge in [-0.05, 0) is 48.1 Å². The molecule has 0 spiro atoms. The molecule has 0 unspecified atom stereocenters. The number of thiophene rings is 1. The van der Waals surface area contributed by atoms with Gasteiger partial charge < -0.3 is 0 Å². The van der Waals surface area contributed by atoms with Crippen molar-refractivity contribution in [1.82, 2.24) is 0 Å². The molecule has 2 rings (SSSR count). The van der Waals surface area contributed by atoms with E-state index >= 15 is 0 Å². The van der Waals surface area contributed by atoms with Gasteiger partial charge in [0, 0.05) is 10.4 Å². The number of aryl methyl sites for hydroxylation is 2.